The van der Waals surface area contributed by atoms with Gasteiger partial charge in [-0.15, -0.1) is 0 Å². The molecule has 0 bridgehead atoms. The maximum Gasteiger partial charge on any atom is 1.00 e. The monoisotopic (exact) mass is 329 g/mol. The fourth-order valence-corrected chi connectivity index (χ4v) is 1.77. The second-order valence-electron chi connectivity index (χ2n) is 2.11. The predicted molar refractivity (Wildman–Crippen MR) is 57.2 cm³/mol. The molecular formula is C6H17AsNNaO8. The molecule has 9 nitrogen and oxygen atoms in total. The van der Waals surface area contributed by atoms with Crippen molar-refractivity contribution in [2.75, 3.05) is 5.73 Å². The van der Waals surface area contributed by atoms with Gasteiger partial charge < -0.3 is 27.4 Å². The Morgan fingerprint density at radius 3 is 1.53 bits per heavy atom. The van der Waals surface area contributed by atoms with E-state index in [4.69, 9.17) is 9.83 Å². The van der Waals surface area contributed by atoms with Crippen molar-refractivity contribution in [2.45, 2.75) is 0 Å². The molecule has 0 aliphatic rings. The van der Waals surface area contributed by atoms with E-state index >= 15 is 0 Å². The number of nitrogens with two attached hydrogens (primary N) is 1. The summed E-state index contributed by atoms with van der Waals surface area (Å²) < 4.78 is 29.6. The van der Waals surface area contributed by atoms with E-state index in [1.165, 1.54) is 24.3 Å². The summed E-state index contributed by atoms with van der Waals surface area (Å²) in [4.78, 5) is 0. The summed E-state index contributed by atoms with van der Waals surface area (Å²) in [6.45, 7) is 0. The molecule has 0 saturated heterocycles. The molecule has 0 aliphatic heterocycles. The van der Waals surface area contributed by atoms with Crippen LogP contribution in [-0.4, -0.2) is 45.6 Å². The molecule has 1 unspecified atom stereocenters. The van der Waals surface area contributed by atoms with Crippen molar-refractivity contribution in [1.82, 2.24) is 0 Å². The van der Waals surface area contributed by atoms with Crippen molar-refractivity contribution in [2.24, 2.45) is 0 Å². The zero-order chi connectivity index (χ0) is 8.48. The van der Waals surface area contributed by atoms with Gasteiger partial charge in [-0.05, 0) is 0 Å². The standard InChI is InChI=1S/C6H8AsNO3.Na.5H2O/c8-6-3-1-5(2-4-6)7(9,10)11;;;;;;/h1-4H,8H2,(H2,9,10,11);;5*1H2/q;+1;;;;;/p-1. The number of hydrogen-bond donors (Lipinski definition) is 2. The van der Waals surface area contributed by atoms with Gasteiger partial charge in [-0.1, -0.05) is 0 Å². The zero-order valence-electron chi connectivity index (χ0n) is 9.10. The molecule has 0 radical (unpaired) electrons. The molecule has 0 amide bonds. The topological polar surface area (TPSA) is 244 Å². The van der Waals surface area contributed by atoms with Crippen LogP contribution in [0, 0.1) is 0 Å². The zero-order valence-corrected chi connectivity index (χ0v) is 13.0. The van der Waals surface area contributed by atoms with E-state index in [0.29, 0.717) is 5.69 Å². The van der Waals surface area contributed by atoms with Crippen LogP contribution < -0.4 is 43.7 Å². The van der Waals surface area contributed by atoms with E-state index in [1.807, 2.05) is 0 Å². The number of anilines is 1. The molecule has 1 aromatic rings. The van der Waals surface area contributed by atoms with Crippen LogP contribution in [0.3, 0.4) is 0 Å². The fourth-order valence-electron chi connectivity index (χ4n) is 0.663. The number of rotatable bonds is 1. The summed E-state index contributed by atoms with van der Waals surface area (Å²) in [5, 5.41) is 0. The van der Waals surface area contributed by atoms with Gasteiger partial charge in [0.25, 0.3) is 0 Å². The summed E-state index contributed by atoms with van der Waals surface area (Å²) in [6, 6.07) is 5.42. The summed E-state index contributed by atoms with van der Waals surface area (Å²) in [5.41, 5.74) is 5.77. The van der Waals surface area contributed by atoms with Gasteiger partial charge >= 0.3 is 95.7 Å². The van der Waals surface area contributed by atoms with Crippen molar-refractivity contribution in [3.8, 4) is 0 Å². The molecule has 0 spiro atoms. The van der Waals surface area contributed by atoms with Crippen LogP contribution in [0.4, 0.5) is 5.69 Å². The Hall–Kier alpha value is 0.0984. The van der Waals surface area contributed by atoms with Gasteiger partial charge in [-0.25, -0.2) is 0 Å². The first kappa shape index (κ1) is 36.0. The molecular weight excluding hydrogens is 312 g/mol. The van der Waals surface area contributed by atoms with Gasteiger partial charge in [0.05, 0.1) is 0 Å². The van der Waals surface area contributed by atoms with Gasteiger partial charge in [0, 0.05) is 0 Å². The molecule has 1 atom stereocenters. The third-order valence-corrected chi connectivity index (χ3v) is 3.21. The molecule has 0 aromatic heterocycles. The molecule has 0 fully saturated rings. The third-order valence-electron chi connectivity index (χ3n) is 1.22. The summed E-state index contributed by atoms with van der Waals surface area (Å²) >= 11 is -4.93. The van der Waals surface area contributed by atoms with E-state index in [-0.39, 0.29) is 61.3 Å². The van der Waals surface area contributed by atoms with Crippen molar-refractivity contribution in [3.05, 3.63) is 24.3 Å². The second-order valence-corrected chi connectivity index (χ2v) is 5.38. The first-order valence-electron chi connectivity index (χ1n) is 2.90. The summed E-state index contributed by atoms with van der Waals surface area (Å²) in [5.74, 6) is 0. The minimum absolute atomic E-state index is 0. The van der Waals surface area contributed by atoms with E-state index < -0.39 is 14.2 Å². The predicted octanol–water partition coefficient (Wildman–Crippen LogP) is -8.92. The molecule has 0 saturated carbocycles. The first-order chi connectivity index (χ1) is 5.00. The van der Waals surface area contributed by atoms with E-state index in [0.717, 1.165) is 0 Å². The van der Waals surface area contributed by atoms with E-state index in [9.17, 15) is 7.84 Å². The first-order valence-corrected chi connectivity index (χ1v) is 6.21. The van der Waals surface area contributed by atoms with Crippen LogP contribution >= 0.6 is 0 Å². The fraction of sp³-hybridized carbons (Fsp3) is 0. The molecule has 13 N–H and O–H groups in total. The van der Waals surface area contributed by atoms with Gasteiger partial charge in [-0.3, -0.25) is 0 Å². The maximum absolute atomic E-state index is 10.5. The smallest absolute Gasteiger partial charge is 0.412 e. The van der Waals surface area contributed by atoms with Crippen LogP contribution in [-0.2, 0) is 3.74 Å². The van der Waals surface area contributed by atoms with Gasteiger partial charge in [0.2, 0.25) is 0 Å². The molecule has 1 rings (SSSR count). The molecule has 1 aromatic carbocycles. The Bertz CT molecular complexity index is 301. The van der Waals surface area contributed by atoms with Crippen LogP contribution in [0.15, 0.2) is 24.3 Å². The normalized spacial score (nSPS) is 10.2. The largest absolute Gasteiger partial charge is 1.00 e. The number of benzene rings is 1. The Morgan fingerprint density at radius 2 is 1.29 bits per heavy atom. The van der Waals surface area contributed by atoms with Crippen LogP contribution in [0.5, 0.6) is 0 Å². The van der Waals surface area contributed by atoms with E-state index in [1.54, 1.807) is 0 Å². The van der Waals surface area contributed by atoms with Gasteiger partial charge in [0.15, 0.2) is 0 Å². The minimum atomic E-state index is -4.93. The van der Waals surface area contributed by atoms with Gasteiger partial charge in [0.1, 0.15) is 0 Å². The Labute approximate surface area is 122 Å². The summed E-state index contributed by atoms with van der Waals surface area (Å²) in [7, 11) is 0. The van der Waals surface area contributed by atoms with Crippen molar-refractivity contribution >= 4 is 24.2 Å². The Morgan fingerprint density at radius 1 is 1.00 bits per heavy atom. The van der Waals surface area contributed by atoms with Crippen LogP contribution in [0.2, 0.25) is 0 Å². The quantitative estimate of drug-likeness (QED) is 0.376. The van der Waals surface area contributed by atoms with Crippen LogP contribution in [0.25, 0.3) is 0 Å². The molecule has 100 valence electrons. The van der Waals surface area contributed by atoms with E-state index in [2.05, 4.69) is 0 Å². The SMILES string of the molecule is Nc1ccc([As](=O)([O-])O)cc1.O.O.O.O.O.[Na+]. The Balaban J connectivity index is -0.0000000504. The maximum atomic E-state index is 10.5. The molecule has 0 aliphatic carbocycles. The average molecular weight is 329 g/mol. The number of nitrogen functional groups attached to an aromatic ring is 1. The molecule has 17 heavy (non-hydrogen) atoms. The second kappa shape index (κ2) is 14.2. The average Bonchev–Trinajstić information content (AvgIpc) is 1.86. The molecule has 0 heterocycles. The van der Waals surface area contributed by atoms with Gasteiger partial charge in [-0.2, -0.15) is 0 Å². The third kappa shape index (κ3) is 12.3. The van der Waals surface area contributed by atoms with Crippen molar-refractivity contribution in [3.63, 3.8) is 0 Å². The van der Waals surface area contributed by atoms with Crippen molar-refractivity contribution < 1.29 is 68.9 Å². The Kier molecular flexibility index (Phi) is 30.0. The minimum Gasteiger partial charge on any atom is -0.412 e. The molecule has 11 heteroatoms. The van der Waals surface area contributed by atoms with Crippen LogP contribution in [0.1, 0.15) is 0 Å². The van der Waals surface area contributed by atoms with Crippen molar-refractivity contribution in [1.29, 1.82) is 0 Å². The summed E-state index contributed by atoms with van der Waals surface area (Å²) in [6.07, 6.45) is 0. The number of hydrogen-bond acceptors (Lipinski definition) is 3.